The third-order valence-electron chi connectivity index (χ3n) is 6.13. The summed E-state index contributed by atoms with van der Waals surface area (Å²) in [6.07, 6.45) is 3.16. The van der Waals surface area contributed by atoms with E-state index in [0.717, 1.165) is 65.2 Å². The lowest BCUT2D eigenvalue weighted by atomic mass is 10.0. The number of carboxylic acid groups (broad SMARTS) is 1. The molecule has 0 atom stereocenters. The van der Waals surface area contributed by atoms with Gasteiger partial charge in [0.25, 0.3) is 12.0 Å². The lowest BCUT2D eigenvalue weighted by Gasteiger charge is -2.20. The zero-order valence-electron chi connectivity index (χ0n) is 19.8. The molecule has 0 radical (unpaired) electrons. The second-order valence-electron chi connectivity index (χ2n) is 8.27. The van der Waals surface area contributed by atoms with Crippen LogP contribution in [0.2, 0.25) is 0 Å². The number of thiophene rings is 1. The minimum Gasteiger partial charge on any atom is -0.496 e. The van der Waals surface area contributed by atoms with Gasteiger partial charge in [-0.3, -0.25) is 14.5 Å². The smallest absolute Gasteiger partial charge is 0.290 e. The zero-order valence-corrected chi connectivity index (χ0v) is 20.7. The Morgan fingerprint density at radius 3 is 2.55 bits per heavy atom. The van der Waals surface area contributed by atoms with Crippen molar-refractivity contribution in [2.75, 3.05) is 39.8 Å². The van der Waals surface area contributed by atoms with Gasteiger partial charge in [0.15, 0.2) is 0 Å². The maximum Gasteiger partial charge on any atom is 0.290 e. The van der Waals surface area contributed by atoms with Crippen molar-refractivity contribution in [3.63, 3.8) is 0 Å². The van der Waals surface area contributed by atoms with Gasteiger partial charge >= 0.3 is 0 Å². The van der Waals surface area contributed by atoms with Crippen LogP contribution >= 0.6 is 11.3 Å². The van der Waals surface area contributed by atoms with Crippen LogP contribution in [0.3, 0.4) is 0 Å². The van der Waals surface area contributed by atoms with Gasteiger partial charge in [0.1, 0.15) is 5.75 Å². The Labute approximate surface area is 198 Å². The molecule has 8 heteroatoms. The van der Waals surface area contributed by atoms with Crippen LogP contribution in [0.5, 0.6) is 5.75 Å². The number of ether oxygens (including phenoxy) is 1. The summed E-state index contributed by atoms with van der Waals surface area (Å²) in [5.41, 5.74) is 3.36. The van der Waals surface area contributed by atoms with Crippen molar-refractivity contribution < 1.29 is 14.6 Å². The van der Waals surface area contributed by atoms with Crippen molar-refractivity contribution >= 4 is 27.9 Å². The third kappa shape index (κ3) is 5.82. The Morgan fingerprint density at radius 1 is 1.15 bits per heavy atom. The number of aryl methyl sites for hydroxylation is 2. The molecule has 0 amide bonds. The van der Waals surface area contributed by atoms with E-state index < -0.39 is 0 Å². The van der Waals surface area contributed by atoms with Gasteiger partial charge in [-0.1, -0.05) is 19.1 Å². The van der Waals surface area contributed by atoms with E-state index in [-0.39, 0.29) is 12.0 Å². The molecule has 33 heavy (non-hydrogen) atoms. The molecule has 1 saturated heterocycles. The number of rotatable bonds is 5. The number of hydrogen-bond donors (Lipinski definition) is 1. The number of nitrogens with zero attached hydrogens (tertiary/aromatic N) is 3. The SMILES string of the molecule is CCN1CCCN(Cc2cc3c(=O)n(C)cc(-c4ccc(C)c(OC)c4)c3s2)CC1.O=CO. The monoisotopic (exact) mass is 471 g/mol. The summed E-state index contributed by atoms with van der Waals surface area (Å²) in [7, 11) is 3.54. The molecule has 0 saturated carbocycles. The van der Waals surface area contributed by atoms with Crippen molar-refractivity contribution in [1.29, 1.82) is 0 Å². The van der Waals surface area contributed by atoms with Gasteiger partial charge in [-0.15, -0.1) is 11.3 Å². The van der Waals surface area contributed by atoms with E-state index in [1.807, 2.05) is 20.2 Å². The molecule has 0 aliphatic carbocycles. The largest absolute Gasteiger partial charge is 0.496 e. The predicted octanol–water partition coefficient (Wildman–Crippen LogP) is 3.81. The molecule has 1 N–H and O–H groups in total. The second kappa shape index (κ2) is 11.4. The summed E-state index contributed by atoms with van der Waals surface area (Å²) < 4.78 is 8.31. The van der Waals surface area contributed by atoms with Gasteiger partial charge in [-0.05, 0) is 56.2 Å². The van der Waals surface area contributed by atoms with E-state index in [0.29, 0.717) is 0 Å². The Kier molecular flexibility index (Phi) is 8.66. The number of benzene rings is 1. The zero-order chi connectivity index (χ0) is 24.0. The van der Waals surface area contributed by atoms with E-state index in [2.05, 4.69) is 41.0 Å². The molecular formula is C25H33N3O4S. The summed E-state index contributed by atoms with van der Waals surface area (Å²) in [4.78, 5) is 27.5. The summed E-state index contributed by atoms with van der Waals surface area (Å²) >= 11 is 1.76. The van der Waals surface area contributed by atoms with Crippen LogP contribution in [0, 0.1) is 6.92 Å². The Balaban J connectivity index is 0.000000968. The summed E-state index contributed by atoms with van der Waals surface area (Å²) in [5.74, 6) is 0.872. The van der Waals surface area contributed by atoms with Crippen LogP contribution in [0.1, 0.15) is 23.8 Å². The number of fused-ring (bicyclic) bond motifs is 1. The summed E-state index contributed by atoms with van der Waals surface area (Å²) in [6, 6.07) is 8.38. The molecule has 7 nitrogen and oxygen atoms in total. The van der Waals surface area contributed by atoms with E-state index >= 15 is 0 Å². The summed E-state index contributed by atoms with van der Waals surface area (Å²) in [5, 5.41) is 7.71. The fourth-order valence-electron chi connectivity index (χ4n) is 4.29. The topological polar surface area (TPSA) is 75.0 Å². The lowest BCUT2D eigenvalue weighted by molar-refractivity contribution is -0.122. The van der Waals surface area contributed by atoms with Gasteiger partial charge in [-0.25, -0.2) is 0 Å². The van der Waals surface area contributed by atoms with Crippen LogP contribution in [0.15, 0.2) is 35.3 Å². The second-order valence-corrected chi connectivity index (χ2v) is 9.40. The molecule has 1 aromatic carbocycles. The van der Waals surface area contributed by atoms with Gasteiger partial charge in [-0.2, -0.15) is 0 Å². The standard InChI is InChI=1S/C24H31N3O2S.CH2O2/c1-5-26-9-6-10-27(12-11-26)15-19-14-20-23(30-19)21(16-25(3)24(20)28)18-8-7-17(2)22(13-18)29-4;2-1-3/h7-8,13-14,16H,5-6,9-12,15H2,1-4H3;1H,(H,2,3). The van der Waals surface area contributed by atoms with Crippen LogP contribution in [-0.4, -0.2) is 65.8 Å². The average molecular weight is 472 g/mol. The first-order valence-electron chi connectivity index (χ1n) is 11.2. The molecule has 3 aromatic rings. The van der Waals surface area contributed by atoms with E-state index in [1.54, 1.807) is 23.0 Å². The minimum atomic E-state index is -0.250. The van der Waals surface area contributed by atoms with Crippen LogP contribution in [-0.2, 0) is 18.4 Å². The highest BCUT2D eigenvalue weighted by Gasteiger charge is 2.18. The van der Waals surface area contributed by atoms with E-state index in [4.69, 9.17) is 14.6 Å². The van der Waals surface area contributed by atoms with Gasteiger partial charge in [0.05, 0.1) is 12.5 Å². The quantitative estimate of drug-likeness (QED) is 0.571. The third-order valence-corrected chi connectivity index (χ3v) is 7.28. The van der Waals surface area contributed by atoms with Crippen molar-refractivity contribution in [2.45, 2.75) is 26.8 Å². The molecule has 0 spiro atoms. The van der Waals surface area contributed by atoms with Crippen LogP contribution < -0.4 is 10.3 Å². The summed E-state index contributed by atoms with van der Waals surface area (Å²) in [6.45, 7) is 10.6. The molecule has 178 valence electrons. The Bertz CT molecular complexity index is 1150. The van der Waals surface area contributed by atoms with Gasteiger partial charge in [0, 0.05) is 48.0 Å². The number of pyridine rings is 1. The highest BCUT2D eigenvalue weighted by Crippen LogP contribution is 2.35. The Morgan fingerprint density at radius 2 is 1.85 bits per heavy atom. The number of carbonyl (C=O) groups is 1. The van der Waals surface area contributed by atoms with Crippen molar-refractivity contribution in [1.82, 2.24) is 14.4 Å². The number of aromatic nitrogens is 1. The van der Waals surface area contributed by atoms with E-state index in [9.17, 15) is 4.79 Å². The predicted molar refractivity (Wildman–Crippen MR) is 134 cm³/mol. The molecule has 0 bridgehead atoms. The molecule has 1 aliphatic rings. The molecule has 1 aliphatic heterocycles. The van der Waals surface area contributed by atoms with Crippen LogP contribution in [0.4, 0.5) is 0 Å². The normalized spacial score (nSPS) is 15.0. The van der Waals surface area contributed by atoms with Crippen LogP contribution in [0.25, 0.3) is 21.2 Å². The first-order valence-corrected chi connectivity index (χ1v) is 12.0. The van der Waals surface area contributed by atoms with Crippen molar-refractivity contribution in [3.05, 3.63) is 51.3 Å². The minimum absolute atomic E-state index is 0.0725. The molecule has 2 aromatic heterocycles. The van der Waals surface area contributed by atoms with Gasteiger partial charge < -0.3 is 19.3 Å². The number of methoxy groups -OCH3 is 1. The molecule has 3 heterocycles. The number of hydrogen-bond acceptors (Lipinski definition) is 6. The maximum atomic E-state index is 12.9. The first kappa shape index (κ1) is 25.0. The number of likely N-dealkylation sites (N-methyl/N-ethyl adjacent to an activating group) is 1. The Hall–Kier alpha value is -2.68. The highest BCUT2D eigenvalue weighted by atomic mass is 32.1. The first-order chi connectivity index (χ1) is 15.9. The maximum absolute atomic E-state index is 12.9. The van der Waals surface area contributed by atoms with Gasteiger partial charge in [0.2, 0.25) is 0 Å². The molecule has 0 unspecified atom stereocenters. The molecular weight excluding hydrogens is 438 g/mol. The van der Waals surface area contributed by atoms with E-state index in [1.165, 1.54) is 17.8 Å². The average Bonchev–Trinajstić information content (AvgIpc) is 3.09. The molecule has 1 fully saturated rings. The lowest BCUT2D eigenvalue weighted by Crippen LogP contribution is -2.30. The fourth-order valence-corrected chi connectivity index (χ4v) is 5.51. The van der Waals surface area contributed by atoms with Crippen molar-refractivity contribution in [3.8, 4) is 16.9 Å². The molecule has 4 rings (SSSR count). The highest BCUT2D eigenvalue weighted by molar-refractivity contribution is 7.19. The fraction of sp³-hybridized carbons (Fsp3) is 0.440. The van der Waals surface area contributed by atoms with Crippen molar-refractivity contribution in [2.24, 2.45) is 7.05 Å².